The average molecular weight is 208 g/mol. The summed E-state index contributed by atoms with van der Waals surface area (Å²) in [6.07, 6.45) is 7.37. The van der Waals surface area contributed by atoms with E-state index in [2.05, 4.69) is 23.7 Å². The van der Waals surface area contributed by atoms with Crippen LogP contribution in [0.2, 0.25) is 0 Å². The molecule has 2 aliphatic rings. The van der Waals surface area contributed by atoms with Crippen molar-refractivity contribution in [1.82, 2.24) is 4.90 Å². The Labute approximate surface area is 91.6 Å². The fraction of sp³-hybridized carbons (Fsp3) is 0.833. The Balaban J connectivity index is 2.19. The van der Waals surface area contributed by atoms with Gasteiger partial charge in [-0.1, -0.05) is 19.8 Å². The van der Waals surface area contributed by atoms with Crippen LogP contribution in [0.25, 0.3) is 0 Å². The van der Waals surface area contributed by atoms with Gasteiger partial charge in [-0.25, -0.2) is 0 Å². The SMILES string of the molecule is CCC(C)N1C(=O)C=NC2CCCCC21. The Morgan fingerprint density at radius 3 is 3.00 bits per heavy atom. The van der Waals surface area contributed by atoms with Crippen LogP contribution in [-0.2, 0) is 4.79 Å². The highest BCUT2D eigenvalue weighted by Gasteiger charge is 2.36. The van der Waals surface area contributed by atoms with Crippen molar-refractivity contribution >= 4 is 12.1 Å². The summed E-state index contributed by atoms with van der Waals surface area (Å²) in [5, 5.41) is 0. The van der Waals surface area contributed by atoms with Crippen LogP contribution in [0.3, 0.4) is 0 Å². The average Bonchev–Trinajstić information content (AvgIpc) is 2.28. The van der Waals surface area contributed by atoms with E-state index in [1.807, 2.05) is 0 Å². The first-order valence-electron chi connectivity index (χ1n) is 6.09. The molecule has 0 saturated heterocycles. The predicted octanol–water partition coefficient (Wildman–Crippen LogP) is 2.01. The van der Waals surface area contributed by atoms with Gasteiger partial charge >= 0.3 is 0 Å². The number of hydrogen-bond donors (Lipinski definition) is 0. The maximum absolute atomic E-state index is 11.8. The molecular weight excluding hydrogens is 188 g/mol. The van der Waals surface area contributed by atoms with Crippen molar-refractivity contribution in [2.24, 2.45) is 4.99 Å². The van der Waals surface area contributed by atoms with Crippen LogP contribution in [-0.4, -0.2) is 35.1 Å². The third-order valence-electron chi connectivity index (χ3n) is 3.75. The van der Waals surface area contributed by atoms with E-state index in [9.17, 15) is 4.79 Å². The zero-order chi connectivity index (χ0) is 10.8. The van der Waals surface area contributed by atoms with Gasteiger partial charge in [-0.3, -0.25) is 9.79 Å². The second-order valence-corrected chi connectivity index (χ2v) is 4.70. The van der Waals surface area contributed by atoms with E-state index in [0.29, 0.717) is 18.1 Å². The molecule has 1 aliphatic heterocycles. The van der Waals surface area contributed by atoms with Crippen LogP contribution in [0.1, 0.15) is 46.0 Å². The standard InChI is InChI=1S/C12H20N2O/c1-3-9(2)14-11-7-5-4-6-10(11)13-8-12(14)15/h8-11H,3-7H2,1-2H3. The van der Waals surface area contributed by atoms with E-state index in [4.69, 9.17) is 0 Å². The lowest BCUT2D eigenvalue weighted by Gasteiger charge is -2.43. The van der Waals surface area contributed by atoms with Crippen LogP contribution < -0.4 is 0 Å². The van der Waals surface area contributed by atoms with Crippen LogP contribution in [0.5, 0.6) is 0 Å². The highest BCUT2D eigenvalue weighted by Crippen LogP contribution is 2.29. The molecule has 1 saturated carbocycles. The second-order valence-electron chi connectivity index (χ2n) is 4.70. The molecule has 1 amide bonds. The number of aliphatic imine (C=N–C) groups is 1. The number of nitrogens with zero attached hydrogens (tertiary/aromatic N) is 2. The lowest BCUT2D eigenvalue weighted by molar-refractivity contribution is -0.130. The Hall–Kier alpha value is -0.860. The number of fused-ring (bicyclic) bond motifs is 1. The van der Waals surface area contributed by atoms with E-state index in [-0.39, 0.29) is 5.91 Å². The van der Waals surface area contributed by atoms with E-state index >= 15 is 0 Å². The lowest BCUT2D eigenvalue weighted by atomic mass is 9.87. The Bertz CT molecular complexity index is 275. The summed E-state index contributed by atoms with van der Waals surface area (Å²) in [4.78, 5) is 18.3. The molecular formula is C12H20N2O. The second kappa shape index (κ2) is 4.33. The van der Waals surface area contributed by atoms with Gasteiger partial charge in [0.15, 0.2) is 0 Å². The van der Waals surface area contributed by atoms with Crippen molar-refractivity contribution in [3.8, 4) is 0 Å². The van der Waals surface area contributed by atoms with E-state index < -0.39 is 0 Å². The first kappa shape index (κ1) is 10.7. The van der Waals surface area contributed by atoms with Crippen LogP contribution in [0, 0.1) is 0 Å². The Morgan fingerprint density at radius 1 is 1.53 bits per heavy atom. The van der Waals surface area contributed by atoms with Crippen LogP contribution in [0.15, 0.2) is 4.99 Å². The van der Waals surface area contributed by atoms with E-state index in [1.165, 1.54) is 12.8 Å². The van der Waals surface area contributed by atoms with Gasteiger partial charge in [0, 0.05) is 6.04 Å². The van der Waals surface area contributed by atoms with Crippen molar-refractivity contribution < 1.29 is 4.79 Å². The van der Waals surface area contributed by atoms with Gasteiger partial charge in [0.2, 0.25) is 0 Å². The lowest BCUT2D eigenvalue weighted by Crippen LogP contribution is -2.55. The smallest absolute Gasteiger partial charge is 0.265 e. The number of rotatable bonds is 2. The first-order chi connectivity index (χ1) is 7.24. The molecule has 0 aromatic rings. The van der Waals surface area contributed by atoms with Gasteiger partial charge in [0.05, 0.1) is 18.3 Å². The molecule has 3 unspecified atom stereocenters. The summed E-state index contributed by atoms with van der Waals surface area (Å²) in [5.74, 6) is 0.118. The third-order valence-corrected chi connectivity index (χ3v) is 3.75. The quantitative estimate of drug-likeness (QED) is 0.683. The van der Waals surface area contributed by atoms with Crippen molar-refractivity contribution in [3.05, 3.63) is 0 Å². The minimum absolute atomic E-state index is 0.118. The number of carbonyl (C=O) groups is 1. The van der Waals surface area contributed by atoms with Gasteiger partial charge in [0.25, 0.3) is 5.91 Å². The molecule has 2 rings (SSSR count). The summed E-state index contributed by atoms with van der Waals surface area (Å²) in [6, 6.07) is 1.12. The van der Waals surface area contributed by atoms with Gasteiger partial charge in [-0.15, -0.1) is 0 Å². The molecule has 3 nitrogen and oxygen atoms in total. The Morgan fingerprint density at radius 2 is 2.27 bits per heavy atom. The topological polar surface area (TPSA) is 32.7 Å². The van der Waals surface area contributed by atoms with Crippen LogP contribution in [0.4, 0.5) is 0 Å². The van der Waals surface area contributed by atoms with E-state index in [1.54, 1.807) is 6.21 Å². The summed E-state index contributed by atoms with van der Waals surface area (Å²) < 4.78 is 0. The zero-order valence-electron chi connectivity index (χ0n) is 9.65. The minimum Gasteiger partial charge on any atom is -0.330 e. The highest BCUT2D eigenvalue weighted by atomic mass is 16.2. The van der Waals surface area contributed by atoms with E-state index in [0.717, 1.165) is 19.3 Å². The summed E-state index contributed by atoms with van der Waals surface area (Å²) in [7, 11) is 0. The predicted molar refractivity (Wildman–Crippen MR) is 61.1 cm³/mol. The molecule has 0 spiro atoms. The van der Waals surface area contributed by atoms with Gasteiger partial charge < -0.3 is 4.90 Å². The minimum atomic E-state index is 0.118. The molecule has 1 aliphatic carbocycles. The largest absolute Gasteiger partial charge is 0.330 e. The van der Waals surface area contributed by atoms with Crippen molar-refractivity contribution in [2.75, 3.05) is 0 Å². The molecule has 15 heavy (non-hydrogen) atoms. The molecule has 1 fully saturated rings. The highest BCUT2D eigenvalue weighted by molar-refractivity contribution is 6.26. The molecule has 0 bridgehead atoms. The summed E-state index contributed by atoms with van der Waals surface area (Å²) in [6.45, 7) is 4.28. The Kier molecular flexibility index (Phi) is 3.08. The monoisotopic (exact) mass is 208 g/mol. The third kappa shape index (κ3) is 1.92. The molecule has 84 valence electrons. The normalized spacial score (nSPS) is 32.7. The summed E-state index contributed by atoms with van der Waals surface area (Å²) in [5.41, 5.74) is 0. The molecule has 0 radical (unpaired) electrons. The molecule has 0 aromatic heterocycles. The molecule has 0 aromatic carbocycles. The molecule has 1 heterocycles. The zero-order valence-corrected chi connectivity index (χ0v) is 9.65. The van der Waals surface area contributed by atoms with Gasteiger partial charge in [-0.05, 0) is 26.2 Å². The fourth-order valence-electron chi connectivity index (χ4n) is 2.72. The van der Waals surface area contributed by atoms with Crippen molar-refractivity contribution in [3.63, 3.8) is 0 Å². The van der Waals surface area contributed by atoms with Crippen LogP contribution >= 0.6 is 0 Å². The van der Waals surface area contributed by atoms with Gasteiger partial charge in [-0.2, -0.15) is 0 Å². The number of carbonyl (C=O) groups excluding carboxylic acids is 1. The van der Waals surface area contributed by atoms with Gasteiger partial charge in [0.1, 0.15) is 0 Å². The first-order valence-corrected chi connectivity index (χ1v) is 6.09. The van der Waals surface area contributed by atoms with Crippen molar-refractivity contribution in [2.45, 2.75) is 64.1 Å². The summed E-state index contributed by atoms with van der Waals surface area (Å²) >= 11 is 0. The number of amides is 1. The fourth-order valence-corrected chi connectivity index (χ4v) is 2.72. The maximum atomic E-state index is 11.8. The molecule has 3 heteroatoms. The van der Waals surface area contributed by atoms with Crippen molar-refractivity contribution in [1.29, 1.82) is 0 Å². The maximum Gasteiger partial charge on any atom is 0.265 e. The number of hydrogen-bond acceptors (Lipinski definition) is 2. The molecule has 0 N–H and O–H groups in total. The molecule has 3 atom stereocenters.